The van der Waals surface area contributed by atoms with Crippen LogP contribution in [0.4, 0.5) is 0 Å². The first kappa shape index (κ1) is 14.4. The van der Waals surface area contributed by atoms with Crippen molar-refractivity contribution in [3.05, 3.63) is 37.2 Å². The van der Waals surface area contributed by atoms with Gasteiger partial charge in [-0.25, -0.2) is 9.98 Å². The molecule has 13 heavy (non-hydrogen) atoms. The third-order valence-corrected chi connectivity index (χ3v) is 0.865. The molecule has 0 saturated carbocycles. The minimum Gasteiger partial charge on any atom is -0.337 e. The van der Waals surface area contributed by atoms with Gasteiger partial charge in [0.15, 0.2) is 0 Å². The molecule has 1 aliphatic heterocycles. The van der Waals surface area contributed by atoms with Crippen molar-refractivity contribution in [2.75, 3.05) is 0 Å². The molecule has 4 heteroatoms. The molecule has 0 saturated heterocycles. The van der Waals surface area contributed by atoms with Gasteiger partial charge in [0.05, 0.1) is 12.7 Å². The zero-order valence-corrected chi connectivity index (χ0v) is 8.70. The van der Waals surface area contributed by atoms with Crippen LogP contribution in [0.5, 0.6) is 0 Å². The minimum atomic E-state index is 0. The van der Waals surface area contributed by atoms with Crippen molar-refractivity contribution in [2.24, 2.45) is 9.98 Å². The van der Waals surface area contributed by atoms with Gasteiger partial charge in [-0.15, -0.1) is 0 Å². The van der Waals surface area contributed by atoms with Gasteiger partial charge in [0.2, 0.25) is 0 Å². The van der Waals surface area contributed by atoms with E-state index in [1.165, 1.54) is 0 Å². The fraction of sp³-hybridized carbons (Fsp3) is 0.111. The summed E-state index contributed by atoms with van der Waals surface area (Å²) in [5.74, 6) is 0. The Labute approximate surface area is 89.5 Å². The number of allylic oxidation sites excluding steroid dienone is 3. The van der Waals surface area contributed by atoms with Crippen LogP contribution in [-0.4, -0.2) is 12.7 Å². The van der Waals surface area contributed by atoms with E-state index in [1.54, 1.807) is 31.2 Å². The molecule has 1 radical (unpaired) electrons. The Kier molecular flexibility index (Phi) is 14.9. The molecule has 0 aliphatic carbocycles. The van der Waals surface area contributed by atoms with Gasteiger partial charge in [-0.2, -0.15) is 0 Å². The average Bonchev–Trinajstić information content (AvgIpc) is 2.37. The summed E-state index contributed by atoms with van der Waals surface area (Å²) in [5, 5.41) is 2.70. The van der Waals surface area contributed by atoms with Crippen molar-refractivity contribution in [3.8, 4) is 0 Å². The van der Waals surface area contributed by atoms with Gasteiger partial charge in [-0.05, 0) is 6.92 Å². The summed E-state index contributed by atoms with van der Waals surface area (Å²) in [6, 6.07) is 0. The van der Waals surface area contributed by atoms with Gasteiger partial charge in [-0.3, -0.25) is 0 Å². The van der Waals surface area contributed by atoms with Gasteiger partial charge in [0.25, 0.3) is 0 Å². The molecule has 0 aromatic carbocycles. The second-order valence-electron chi connectivity index (χ2n) is 1.78. The third-order valence-electron chi connectivity index (χ3n) is 0.865. The predicted molar refractivity (Wildman–Crippen MR) is 54.3 cm³/mol. The summed E-state index contributed by atoms with van der Waals surface area (Å²) >= 11 is 0. The van der Waals surface area contributed by atoms with Gasteiger partial charge < -0.3 is 5.32 Å². The monoisotopic (exact) mass is 218 g/mol. The summed E-state index contributed by atoms with van der Waals surface area (Å²) in [4.78, 5) is 7.46. The molecule has 0 aromatic rings. The van der Waals surface area contributed by atoms with Crippen LogP contribution in [0.2, 0.25) is 0 Å². The molecule has 0 spiro atoms. The number of nitrogens with zero attached hydrogens (tertiary/aromatic N) is 2. The van der Waals surface area contributed by atoms with E-state index in [0.717, 1.165) is 0 Å². The van der Waals surface area contributed by atoms with E-state index in [-0.39, 0.29) is 17.1 Å². The van der Waals surface area contributed by atoms with Crippen molar-refractivity contribution in [2.45, 2.75) is 6.92 Å². The minimum absolute atomic E-state index is 0. The van der Waals surface area contributed by atoms with E-state index in [9.17, 15) is 0 Å². The summed E-state index contributed by atoms with van der Waals surface area (Å²) in [6.45, 7) is 5.42. The largest absolute Gasteiger partial charge is 0.337 e. The summed E-state index contributed by atoms with van der Waals surface area (Å²) < 4.78 is 0. The van der Waals surface area contributed by atoms with Crippen LogP contribution < -0.4 is 5.32 Å². The molecule has 1 heterocycles. The Bertz CT molecular complexity index is 203. The van der Waals surface area contributed by atoms with E-state index in [0.29, 0.717) is 0 Å². The molecule has 0 bridgehead atoms. The number of aliphatic imine (C=N–C) groups is 2. The smallest absolute Gasteiger partial charge is 0.0930 e. The summed E-state index contributed by atoms with van der Waals surface area (Å²) in [6.07, 6.45) is 11.9. The van der Waals surface area contributed by atoms with E-state index < -0.39 is 0 Å². The van der Waals surface area contributed by atoms with Crippen LogP contribution in [0, 0.1) is 0 Å². The third kappa shape index (κ3) is 13.8. The number of nitrogens with one attached hydrogen (secondary N) is 1. The topological polar surface area (TPSA) is 36.8 Å². The van der Waals surface area contributed by atoms with Gasteiger partial charge in [-0.1, -0.05) is 24.8 Å². The molecular weight excluding hydrogens is 205 g/mol. The Balaban J connectivity index is 0. The maximum Gasteiger partial charge on any atom is 0.0930 e. The van der Waals surface area contributed by atoms with Gasteiger partial charge in [0.1, 0.15) is 0 Å². The number of hydrogen-bond donors (Lipinski definition) is 1. The van der Waals surface area contributed by atoms with Crippen LogP contribution in [0.25, 0.3) is 0 Å². The van der Waals surface area contributed by atoms with Crippen molar-refractivity contribution >= 4 is 12.7 Å². The van der Waals surface area contributed by atoms with E-state index in [1.807, 2.05) is 19.1 Å². The zero-order chi connectivity index (χ0) is 9.07. The molecule has 1 rings (SSSR count). The molecule has 3 nitrogen and oxygen atoms in total. The normalized spacial score (nSPS) is 12.1. The van der Waals surface area contributed by atoms with Gasteiger partial charge >= 0.3 is 0 Å². The second kappa shape index (κ2) is 13.5. The Hall–Kier alpha value is -1.12. The van der Waals surface area contributed by atoms with Crippen LogP contribution >= 0.6 is 0 Å². The van der Waals surface area contributed by atoms with E-state index >= 15 is 0 Å². The average molecular weight is 218 g/mol. The van der Waals surface area contributed by atoms with Crippen LogP contribution in [-0.2, 0) is 17.1 Å². The van der Waals surface area contributed by atoms with E-state index in [2.05, 4.69) is 21.9 Å². The molecule has 71 valence electrons. The van der Waals surface area contributed by atoms with Crippen molar-refractivity contribution < 1.29 is 17.1 Å². The molecule has 0 amide bonds. The molecular formula is C9H13MnN3. The van der Waals surface area contributed by atoms with Crippen LogP contribution in [0.1, 0.15) is 6.92 Å². The molecule has 0 fully saturated rings. The predicted octanol–water partition coefficient (Wildman–Crippen LogP) is 1.86. The maximum atomic E-state index is 3.73. The zero-order valence-electron chi connectivity index (χ0n) is 7.52. The molecule has 1 aliphatic rings. The Morgan fingerprint density at radius 2 is 1.77 bits per heavy atom. The van der Waals surface area contributed by atoms with Crippen LogP contribution in [0.15, 0.2) is 47.2 Å². The Morgan fingerprint density at radius 1 is 1.23 bits per heavy atom. The fourth-order valence-electron chi connectivity index (χ4n) is 0.419. The Morgan fingerprint density at radius 3 is 2.08 bits per heavy atom. The van der Waals surface area contributed by atoms with Crippen molar-refractivity contribution in [3.63, 3.8) is 0 Å². The van der Waals surface area contributed by atoms with Crippen molar-refractivity contribution in [1.82, 2.24) is 5.32 Å². The first-order chi connectivity index (χ1) is 5.91. The standard InChI is InChI=1S/C5H8.C4H5N3.Mn/c1-3-5-4-2;1-2-6-4-7-3-5-1;/h3-5H,1H2,2H3;1-4H,(H,5,6,7);. The first-order valence-corrected chi connectivity index (χ1v) is 3.60. The molecule has 0 unspecified atom stereocenters. The SMILES string of the molecule is C1=CN=CNC=N1.C=CC=CC.[Mn]. The first-order valence-electron chi connectivity index (χ1n) is 3.60. The van der Waals surface area contributed by atoms with E-state index in [4.69, 9.17) is 0 Å². The fourth-order valence-corrected chi connectivity index (χ4v) is 0.419. The second-order valence-corrected chi connectivity index (χ2v) is 1.78. The van der Waals surface area contributed by atoms with Crippen LogP contribution in [0.3, 0.4) is 0 Å². The van der Waals surface area contributed by atoms with Crippen molar-refractivity contribution in [1.29, 1.82) is 0 Å². The number of rotatable bonds is 1. The number of hydrogen-bond acceptors (Lipinski definition) is 3. The summed E-state index contributed by atoms with van der Waals surface area (Å²) in [7, 11) is 0. The maximum absolute atomic E-state index is 3.73. The quantitative estimate of drug-likeness (QED) is 0.529. The molecule has 0 atom stereocenters. The molecule has 0 aromatic heterocycles. The molecule has 1 N–H and O–H groups in total. The van der Waals surface area contributed by atoms with Gasteiger partial charge in [0, 0.05) is 29.5 Å². The summed E-state index contributed by atoms with van der Waals surface area (Å²) in [5.41, 5.74) is 0.